The molecule has 0 saturated heterocycles. The van der Waals surface area contributed by atoms with E-state index in [1.54, 1.807) is 0 Å². The fourth-order valence-electron chi connectivity index (χ4n) is 3.06. The van der Waals surface area contributed by atoms with Gasteiger partial charge in [-0.3, -0.25) is 0 Å². The summed E-state index contributed by atoms with van der Waals surface area (Å²) in [6, 6.07) is 36.7. The number of hydrogen-bond donors (Lipinski definition) is 0. The summed E-state index contributed by atoms with van der Waals surface area (Å²) in [6.45, 7) is 0. The molecule has 0 heterocycles. The predicted octanol–water partition coefficient (Wildman–Crippen LogP) is 7.29. The third-order valence-corrected chi connectivity index (χ3v) is 4.99. The van der Waals surface area contributed by atoms with Gasteiger partial charge in [0.05, 0.1) is 0 Å². The van der Waals surface area contributed by atoms with E-state index in [9.17, 15) is 0 Å². The van der Waals surface area contributed by atoms with E-state index < -0.39 is 0 Å². The largest absolute Gasteiger partial charge is 0.0622 e. The molecular formula is C24H17I. The Morgan fingerprint density at radius 1 is 0.360 bits per heavy atom. The number of rotatable bonds is 3. The van der Waals surface area contributed by atoms with Crippen molar-refractivity contribution in [1.29, 1.82) is 0 Å². The summed E-state index contributed by atoms with van der Waals surface area (Å²) in [4.78, 5) is 0. The lowest BCUT2D eigenvalue weighted by atomic mass is 9.96. The van der Waals surface area contributed by atoms with Gasteiger partial charge in [-0.15, -0.1) is 0 Å². The molecule has 0 amide bonds. The first-order valence-corrected chi connectivity index (χ1v) is 9.39. The number of hydrogen-bond acceptors (Lipinski definition) is 0. The average Bonchev–Trinajstić information content (AvgIpc) is 2.69. The van der Waals surface area contributed by atoms with Crippen LogP contribution in [0.25, 0.3) is 33.4 Å². The topological polar surface area (TPSA) is 0 Å². The Morgan fingerprint density at radius 2 is 0.760 bits per heavy atom. The molecule has 120 valence electrons. The summed E-state index contributed by atoms with van der Waals surface area (Å²) < 4.78 is 1.26. The molecule has 0 N–H and O–H groups in total. The molecule has 0 unspecified atom stereocenters. The van der Waals surface area contributed by atoms with Crippen molar-refractivity contribution in [2.45, 2.75) is 0 Å². The van der Waals surface area contributed by atoms with Crippen molar-refractivity contribution in [3.63, 3.8) is 0 Å². The predicted molar refractivity (Wildman–Crippen MR) is 115 cm³/mol. The zero-order valence-electron chi connectivity index (χ0n) is 13.7. The van der Waals surface area contributed by atoms with Crippen LogP contribution in [-0.4, -0.2) is 0 Å². The summed E-state index contributed by atoms with van der Waals surface area (Å²) in [6.07, 6.45) is 0. The van der Waals surface area contributed by atoms with Gasteiger partial charge in [0, 0.05) is 3.57 Å². The van der Waals surface area contributed by atoms with Crippen molar-refractivity contribution in [1.82, 2.24) is 0 Å². The summed E-state index contributed by atoms with van der Waals surface area (Å²) in [5.41, 5.74) is 7.49. The van der Waals surface area contributed by atoms with Crippen molar-refractivity contribution < 1.29 is 0 Å². The molecule has 25 heavy (non-hydrogen) atoms. The highest BCUT2D eigenvalue weighted by molar-refractivity contribution is 14.1. The zero-order valence-corrected chi connectivity index (χ0v) is 15.9. The Kier molecular flexibility index (Phi) is 4.66. The van der Waals surface area contributed by atoms with Gasteiger partial charge >= 0.3 is 0 Å². The van der Waals surface area contributed by atoms with Gasteiger partial charge < -0.3 is 0 Å². The van der Waals surface area contributed by atoms with Crippen molar-refractivity contribution >= 4 is 22.6 Å². The summed E-state index contributed by atoms with van der Waals surface area (Å²) in [5.74, 6) is 0. The molecule has 0 aliphatic rings. The van der Waals surface area contributed by atoms with Crippen LogP contribution in [0.4, 0.5) is 0 Å². The lowest BCUT2D eigenvalue weighted by Gasteiger charge is -2.09. The second-order valence-corrected chi connectivity index (χ2v) is 7.28. The Hall–Kier alpha value is -2.39. The molecule has 0 saturated carbocycles. The van der Waals surface area contributed by atoms with Crippen LogP contribution in [0, 0.1) is 3.57 Å². The summed E-state index contributed by atoms with van der Waals surface area (Å²) >= 11 is 2.36. The van der Waals surface area contributed by atoms with Gasteiger partial charge in [0.2, 0.25) is 0 Å². The molecule has 4 aromatic rings. The Bertz CT molecular complexity index is 1000. The van der Waals surface area contributed by atoms with Gasteiger partial charge in [0.15, 0.2) is 0 Å². The molecular weight excluding hydrogens is 415 g/mol. The average molecular weight is 432 g/mol. The third-order valence-electron chi connectivity index (χ3n) is 4.32. The molecule has 1 heteroatoms. The standard InChI is InChI=1S/C24H17I/c25-24-14-6-13-23(17-24)22-12-5-11-21(16-22)20-10-4-9-19(15-20)18-7-2-1-3-8-18/h1-17H. The first-order valence-electron chi connectivity index (χ1n) is 8.31. The Labute approximate surface area is 162 Å². The molecule has 0 atom stereocenters. The van der Waals surface area contributed by atoms with Crippen molar-refractivity contribution in [2.24, 2.45) is 0 Å². The lowest BCUT2D eigenvalue weighted by Crippen LogP contribution is -1.84. The van der Waals surface area contributed by atoms with E-state index in [2.05, 4.69) is 126 Å². The van der Waals surface area contributed by atoms with E-state index in [0.717, 1.165) is 0 Å². The van der Waals surface area contributed by atoms with Crippen molar-refractivity contribution in [3.05, 3.63) is 107 Å². The Balaban J connectivity index is 1.75. The fourth-order valence-corrected chi connectivity index (χ4v) is 3.60. The van der Waals surface area contributed by atoms with E-state index in [4.69, 9.17) is 0 Å². The van der Waals surface area contributed by atoms with Gasteiger partial charge in [-0.2, -0.15) is 0 Å². The first-order chi connectivity index (χ1) is 12.3. The molecule has 0 fully saturated rings. The van der Waals surface area contributed by atoms with E-state index >= 15 is 0 Å². The molecule has 0 aliphatic carbocycles. The molecule has 0 aliphatic heterocycles. The second kappa shape index (κ2) is 7.24. The molecule has 4 rings (SSSR count). The molecule has 0 aromatic heterocycles. The lowest BCUT2D eigenvalue weighted by molar-refractivity contribution is 1.56. The highest BCUT2D eigenvalue weighted by atomic mass is 127. The van der Waals surface area contributed by atoms with E-state index in [1.165, 1.54) is 37.0 Å². The van der Waals surface area contributed by atoms with Crippen LogP contribution >= 0.6 is 22.6 Å². The minimum atomic E-state index is 1.24. The molecule has 0 bridgehead atoms. The third kappa shape index (κ3) is 3.67. The molecule has 0 spiro atoms. The maximum Gasteiger partial charge on any atom is 0.0136 e. The fraction of sp³-hybridized carbons (Fsp3) is 0. The van der Waals surface area contributed by atoms with Gasteiger partial charge in [0.25, 0.3) is 0 Å². The highest BCUT2D eigenvalue weighted by Gasteiger charge is 2.04. The molecule has 4 aromatic carbocycles. The van der Waals surface area contributed by atoms with Crippen LogP contribution < -0.4 is 0 Å². The van der Waals surface area contributed by atoms with E-state index in [1.807, 2.05) is 0 Å². The SMILES string of the molecule is Ic1cccc(-c2cccc(-c3cccc(-c4ccccc4)c3)c2)c1. The zero-order chi connectivity index (χ0) is 17.1. The minimum absolute atomic E-state index is 1.24. The summed E-state index contributed by atoms with van der Waals surface area (Å²) in [7, 11) is 0. The summed E-state index contributed by atoms with van der Waals surface area (Å²) in [5, 5.41) is 0. The quantitative estimate of drug-likeness (QED) is 0.298. The normalized spacial score (nSPS) is 10.6. The Morgan fingerprint density at radius 3 is 1.28 bits per heavy atom. The molecule has 0 radical (unpaired) electrons. The maximum atomic E-state index is 2.36. The van der Waals surface area contributed by atoms with Crippen LogP contribution in [0.2, 0.25) is 0 Å². The first kappa shape index (κ1) is 16.1. The van der Waals surface area contributed by atoms with E-state index in [0.29, 0.717) is 0 Å². The van der Waals surface area contributed by atoms with Crippen molar-refractivity contribution in [2.75, 3.05) is 0 Å². The van der Waals surface area contributed by atoms with Gasteiger partial charge in [-0.25, -0.2) is 0 Å². The van der Waals surface area contributed by atoms with Crippen LogP contribution in [0.15, 0.2) is 103 Å². The number of benzene rings is 4. The van der Waals surface area contributed by atoms with Crippen molar-refractivity contribution in [3.8, 4) is 33.4 Å². The molecule has 0 nitrogen and oxygen atoms in total. The highest BCUT2D eigenvalue weighted by Crippen LogP contribution is 2.30. The minimum Gasteiger partial charge on any atom is -0.0622 e. The van der Waals surface area contributed by atoms with Crippen LogP contribution in [0.3, 0.4) is 0 Å². The van der Waals surface area contributed by atoms with E-state index in [-0.39, 0.29) is 0 Å². The van der Waals surface area contributed by atoms with Gasteiger partial charge in [-0.05, 0) is 80.2 Å². The monoisotopic (exact) mass is 432 g/mol. The smallest absolute Gasteiger partial charge is 0.0136 e. The van der Waals surface area contributed by atoms with Crippen LogP contribution in [0.5, 0.6) is 0 Å². The number of halogens is 1. The van der Waals surface area contributed by atoms with Gasteiger partial charge in [-0.1, -0.05) is 78.9 Å². The van der Waals surface area contributed by atoms with Crippen LogP contribution in [0.1, 0.15) is 0 Å². The van der Waals surface area contributed by atoms with Crippen LogP contribution in [-0.2, 0) is 0 Å². The second-order valence-electron chi connectivity index (χ2n) is 6.04. The van der Waals surface area contributed by atoms with Gasteiger partial charge in [0.1, 0.15) is 0 Å². The maximum absolute atomic E-state index is 2.36.